The van der Waals surface area contributed by atoms with Crippen LogP contribution < -0.4 is 17.2 Å². The van der Waals surface area contributed by atoms with Crippen LogP contribution in [0.5, 0.6) is 0 Å². The highest BCUT2D eigenvalue weighted by atomic mass is 16.4. The average Bonchev–Trinajstić information content (AvgIpc) is 2.14. The number of carboxylic acid groups (broad SMARTS) is 1. The Balaban J connectivity index is 0. The minimum atomic E-state index is -0.928. The maximum absolute atomic E-state index is 9.92. The molecule has 0 heterocycles. The lowest BCUT2D eigenvalue weighted by molar-refractivity contribution is -0.138. The molecule has 15 heavy (non-hydrogen) atoms. The molecule has 0 aromatic heterocycles. The van der Waals surface area contributed by atoms with E-state index < -0.39 is 23.8 Å². The summed E-state index contributed by atoms with van der Waals surface area (Å²) in [5.74, 6) is -1.92. The zero-order valence-corrected chi connectivity index (χ0v) is 8.60. The van der Waals surface area contributed by atoms with E-state index >= 15 is 0 Å². The van der Waals surface area contributed by atoms with Crippen molar-refractivity contribution in [3.05, 3.63) is 0 Å². The van der Waals surface area contributed by atoms with Gasteiger partial charge in [0.25, 0.3) is 0 Å². The molecule has 88 valence electrons. The Kier molecular flexibility index (Phi) is 9.44. The van der Waals surface area contributed by atoms with Gasteiger partial charge in [-0.2, -0.15) is 0 Å². The first-order valence-electron chi connectivity index (χ1n) is 4.36. The Bertz CT molecular complexity index is 216. The van der Waals surface area contributed by atoms with Gasteiger partial charge in [0.1, 0.15) is 6.04 Å². The smallest absolute Gasteiger partial charge is 0.320 e. The van der Waals surface area contributed by atoms with Crippen molar-refractivity contribution in [3.8, 4) is 0 Å². The second-order valence-corrected chi connectivity index (χ2v) is 2.79. The minimum absolute atomic E-state index is 0.0509. The molecular formula is C8H17N3O4. The fourth-order valence-corrected chi connectivity index (χ4v) is 0.421. The highest BCUT2D eigenvalue weighted by Crippen LogP contribution is 1.82. The molecule has 0 rings (SSSR count). The molecule has 7 nitrogen and oxygen atoms in total. The van der Waals surface area contributed by atoms with Crippen LogP contribution in [0, 0.1) is 0 Å². The van der Waals surface area contributed by atoms with Crippen LogP contribution in [0.2, 0.25) is 0 Å². The van der Waals surface area contributed by atoms with E-state index in [4.69, 9.17) is 22.3 Å². The third kappa shape index (κ3) is 15.2. The van der Waals surface area contributed by atoms with Gasteiger partial charge in [-0.3, -0.25) is 14.4 Å². The molecule has 0 fully saturated rings. The van der Waals surface area contributed by atoms with Gasteiger partial charge in [0.15, 0.2) is 0 Å². The van der Waals surface area contributed by atoms with Crippen LogP contribution in [-0.4, -0.2) is 28.9 Å². The number of primary amides is 2. The summed E-state index contributed by atoms with van der Waals surface area (Å²) in [4.78, 5) is 29.6. The lowest BCUT2D eigenvalue weighted by Crippen LogP contribution is -2.28. The Morgan fingerprint density at radius 3 is 1.53 bits per heavy atom. The molecule has 0 saturated heterocycles. The summed E-state index contributed by atoms with van der Waals surface area (Å²) >= 11 is 0. The number of carbonyl (C=O) groups is 3. The fraction of sp³-hybridized carbons (Fsp3) is 0.625. The molecule has 0 radical (unpaired) electrons. The molecule has 0 aromatic rings. The third-order valence-corrected chi connectivity index (χ3v) is 1.37. The number of aliphatic carboxylic acids is 1. The Morgan fingerprint density at radius 1 is 1.13 bits per heavy atom. The van der Waals surface area contributed by atoms with Crippen LogP contribution in [0.1, 0.15) is 26.2 Å². The summed E-state index contributed by atoms with van der Waals surface area (Å²) in [6, 6.07) is -0.681. The van der Waals surface area contributed by atoms with Crippen LogP contribution in [-0.2, 0) is 14.4 Å². The van der Waals surface area contributed by atoms with Crippen molar-refractivity contribution >= 4 is 17.8 Å². The minimum Gasteiger partial charge on any atom is -0.480 e. The van der Waals surface area contributed by atoms with Crippen molar-refractivity contribution < 1.29 is 19.5 Å². The summed E-state index contributed by atoms with van der Waals surface area (Å²) < 4.78 is 0. The van der Waals surface area contributed by atoms with Gasteiger partial charge in [0.05, 0.1) is 0 Å². The maximum atomic E-state index is 9.92. The number of rotatable bonds is 5. The summed E-state index contributed by atoms with van der Waals surface area (Å²) in [5.41, 5.74) is 14.4. The first-order chi connectivity index (χ1) is 6.81. The summed E-state index contributed by atoms with van der Waals surface area (Å²) in [6.07, 6.45) is 0.597. The molecule has 7 N–H and O–H groups in total. The van der Waals surface area contributed by atoms with Crippen LogP contribution in [0.25, 0.3) is 0 Å². The predicted molar refractivity (Wildman–Crippen MR) is 53.5 cm³/mol. The Hall–Kier alpha value is -1.63. The normalized spacial score (nSPS) is 10.8. The second kappa shape index (κ2) is 8.95. The number of nitrogens with two attached hydrogens (primary N) is 3. The van der Waals surface area contributed by atoms with E-state index in [0.29, 0.717) is 6.42 Å². The molecule has 2 amide bonds. The van der Waals surface area contributed by atoms with Crippen molar-refractivity contribution in [2.45, 2.75) is 32.2 Å². The zero-order valence-electron chi connectivity index (χ0n) is 8.60. The van der Waals surface area contributed by atoms with E-state index in [0.717, 1.165) is 0 Å². The quantitative estimate of drug-likeness (QED) is 0.446. The van der Waals surface area contributed by atoms with Gasteiger partial charge in [-0.1, -0.05) is 6.92 Å². The van der Waals surface area contributed by atoms with Crippen LogP contribution in [0.15, 0.2) is 0 Å². The van der Waals surface area contributed by atoms with Crippen LogP contribution in [0.3, 0.4) is 0 Å². The van der Waals surface area contributed by atoms with E-state index in [2.05, 4.69) is 0 Å². The summed E-state index contributed by atoms with van der Waals surface area (Å²) in [7, 11) is 0. The van der Waals surface area contributed by atoms with E-state index in [1.165, 1.54) is 0 Å². The van der Waals surface area contributed by atoms with E-state index in [9.17, 15) is 14.4 Å². The molecule has 1 unspecified atom stereocenters. The highest BCUT2D eigenvalue weighted by molar-refractivity contribution is 5.81. The lowest BCUT2D eigenvalue weighted by atomic mass is 10.2. The number of hydrogen-bond acceptors (Lipinski definition) is 4. The number of carbonyl (C=O) groups excluding carboxylic acids is 2. The van der Waals surface area contributed by atoms with Crippen LogP contribution >= 0.6 is 0 Å². The molecule has 0 bridgehead atoms. The van der Waals surface area contributed by atoms with Crippen molar-refractivity contribution in [2.75, 3.05) is 0 Å². The van der Waals surface area contributed by atoms with E-state index in [1.807, 2.05) is 0 Å². The molecule has 0 spiro atoms. The average molecular weight is 219 g/mol. The maximum Gasteiger partial charge on any atom is 0.320 e. The molecule has 0 aromatic carbocycles. The van der Waals surface area contributed by atoms with Crippen molar-refractivity contribution in [2.24, 2.45) is 17.2 Å². The molecular weight excluding hydrogens is 202 g/mol. The Morgan fingerprint density at radius 2 is 1.47 bits per heavy atom. The second-order valence-electron chi connectivity index (χ2n) is 2.79. The molecule has 1 atom stereocenters. The lowest BCUT2D eigenvalue weighted by Gasteiger charge is -1.97. The van der Waals surface area contributed by atoms with Gasteiger partial charge >= 0.3 is 5.97 Å². The molecule has 0 saturated carbocycles. The van der Waals surface area contributed by atoms with Gasteiger partial charge in [-0.25, -0.2) is 0 Å². The Labute approximate surface area is 87.6 Å². The topological polar surface area (TPSA) is 150 Å². The van der Waals surface area contributed by atoms with E-state index in [-0.39, 0.29) is 12.8 Å². The SMILES string of the molecule is CCC(N)C(=O)O.NC(=O)CCC(N)=O. The predicted octanol–water partition coefficient (Wildman–Crippen LogP) is -1.45. The van der Waals surface area contributed by atoms with Gasteiger partial charge in [0.2, 0.25) is 11.8 Å². The van der Waals surface area contributed by atoms with Crippen molar-refractivity contribution in [1.29, 1.82) is 0 Å². The van der Waals surface area contributed by atoms with Gasteiger partial charge < -0.3 is 22.3 Å². The molecule has 0 aliphatic carbocycles. The van der Waals surface area contributed by atoms with Gasteiger partial charge in [-0.05, 0) is 6.42 Å². The van der Waals surface area contributed by atoms with Crippen LogP contribution in [0.4, 0.5) is 0 Å². The zero-order chi connectivity index (χ0) is 12.4. The van der Waals surface area contributed by atoms with E-state index in [1.54, 1.807) is 6.92 Å². The van der Waals surface area contributed by atoms with Crippen molar-refractivity contribution in [1.82, 2.24) is 0 Å². The monoisotopic (exact) mass is 219 g/mol. The molecule has 7 heteroatoms. The molecule has 0 aliphatic rings. The third-order valence-electron chi connectivity index (χ3n) is 1.37. The van der Waals surface area contributed by atoms with Crippen molar-refractivity contribution in [3.63, 3.8) is 0 Å². The van der Waals surface area contributed by atoms with Gasteiger partial charge in [0, 0.05) is 12.8 Å². The van der Waals surface area contributed by atoms with Gasteiger partial charge in [-0.15, -0.1) is 0 Å². The summed E-state index contributed by atoms with van der Waals surface area (Å²) in [5, 5.41) is 8.06. The number of hydrogen-bond donors (Lipinski definition) is 4. The number of amides is 2. The molecule has 0 aliphatic heterocycles. The highest BCUT2D eigenvalue weighted by Gasteiger charge is 2.05. The standard InChI is InChI=1S/C4H8N2O2.C4H9NO2/c5-3(7)1-2-4(6)8;1-2-3(5)4(6)7/h1-2H2,(H2,5,7)(H2,6,8);3H,2,5H2,1H3,(H,6,7). The summed E-state index contributed by atoms with van der Waals surface area (Å²) in [6.45, 7) is 1.73. The fourth-order valence-electron chi connectivity index (χ4n) is 0.421. The first kappa shape index (κ1) is 15.8. The largest absolute Gasteiger partial charge is 0.480 e. The number of carboxylic acids is 1. The first-order valence-corrected chi connectivity index (χ1v) is 4.36.